The molecule has 1 saturated carbocycles. The Morgan fingerprint density at radius 3 is 2.44 bits per heavy atom. The summed E-state index contributed by atoms with van der Waals surface area (Å²) in [6.45, 7) is 11.4. The van der Waals surface area contributed by atoms with Gasteiger partial charge in [0.15, 0.2) is 0 Å². The van der Waals surface area contributed by atoms with E-state index >= 15 is 0 Å². The number of aromatic nitrogens is 3. The standard InChI is InChI=1S/C19H23N3O2.C15H21NO/c1-12-19(13(2)24-21-12)14-4-9-18-17(10-14)20-11-22(18)15-5-7-16(23-3)8-6-15;1-15(2,3)12-7-6-8-13(11-12)16-10-5-4-9-14(16)17/h4,9-11,15-16H,5-8H2,1-3H3;6-8,11H,4-5,9-10H2,1-3H3. The summed E-state index contributed by atoms with van der Waals surface area (Å²) in [4.78, 5) is 18.5. The molecule has 218 valence electrons. The molecule has 1 saturated heterocycles. The lowest BCUT2D eigenvalue weighted by atomic mass is 9.87. The number of carbonyl (C=O) groups is 1. The highest BCUT2D eigenvalue weighted by molar-refractivity contribution is 5.94. The molecule has 7 heteroatoms. The van der Waals surface area contributed by atoms with Crippen LogP contribution in [0, 0.1) is 13.8 Å². The molecular formula is C34H44N4O3. The fraction of sp³-hybridized carbons (Fsp3) is 0.500. The largest absolute Gasteiger partial charge is 0.381 e. The Morgan fingerprint density at radius 2 is 1.78 bits per heavy atom. The molecule has 2 fully saturated rings. The van der Waals surface area contributed by atoms with Crippen LogP contribution >= 0.6 is 0 Å². The van der Waals surface area contributed by atoms with Gasteiger partial charge in [0.1, 0.15) is 5.76 Å². The van der Waals surface area contributed by atoms with Crippen LogP contribution in [0.2, 0.25) is 0 Å². The van der Waals surface area contributed by atoms with Gasteiger partial charge < -0.3 is 18.7 Å². The summed E-state index contributed by atoms with van der Waals surface area (Å²) in [5, 5.41) is 4.05. The number of imidazole rings is 1. The van der Waals surface area contributed by atoms with Crippen LogP contribution in [0.25, 0.3) is 22.2 Å². The molecule has 3 heterocycles. The van der Waals surface area contributed by atoms with E-state index in [2.05, 4.69) is 71.9 Å². The van der Waals surface area contributed by atoms with Gasteiger partial charge in [-0.3, -0.25) is 4.79 Å². The Kier molecular flexibility index (Phi) is 8.64. The van der Waals surface area contributed by atoms with Crippen LogP contribution in [0.15, 0.2) is 53.3 Å². The fourth-order valence-electron chi connectivity index (χ4n) is 6.15. The van der Waals surface area contributed by atoms with Gasteiger partial charge in [-0.05, 0) is 93.2 Å². The molecule has 2 aromatic heterocycles. The molecule has 7 nitrogen and oxygen atoms in total. The topological polar surface area (TPSA) is 73.4 Å². The molecule has 0 N–H and O–H groups in total. The van der Waals surface area contributed by atoms with Crippen molar-refractivity contribution in [2.45, 2.75) is 97.1 Å². The van der Waals surface area contributed by atoms with E-state index in [0.717, 1.165) is 78.9 Å². The van der Waals surface area contributed by atoms with Gasteiger partial charge in [-0.1, -0.05) is 44.1 Å². The third-order valence-corrected chi connectivity index (χ3v) is 8.61. The van der Waals surface area contributed by atoms with Crippen molar-refractivity contribution >= 4 is 22.6 Å². The maximum absolute atomic E-state index is 11.9. The van der Waals surface area contributed by atoms with Crippen LogP contribution < -0.4 is 4.90 Å². The van der Waals surface area contributed by atoms with Gasteiger partial charge in [-0.25, -0.2) is 4.98 Å². The van der Waals surface area contributed by atoms with Crippen LogP contribution in [0.3, 0.4) is 0 Å². The van der Waals surface area contributed by atoms with Gasteiger partial charge in [-0.15, -0.1) is 0 Å². The molecule has 0 radical (unpaired) electrons. The number of nitrogens with zero attached hydrogens (tertiary/aromatic N) is 4. The lowest BCUT2D eigenvalue weighted by molar-refractivity contribution is -0.119. The molecule has 0 atom stereocenters. The van der Waals surface area contributed by atoms with Gasteiger partial charge in [0.2, 0.25) is 5.91 Å². The lowest BCUT2D eigenvalue weighted by Gasteiger charge is -2.28. The van der Waals surface area contributed by atoms with E-state index < -0.39 is 0 Å². The lowest BCUT2D eigenvalue weighted by Crippen LogP contribution is -2.35. The number of fused-ring (bicyclic) bond motifs is 1. The number of aryl methyl sites for hydroxylation is 2. The number of piperidine rings is 1. The van der Waals surface area contributed by atoms with Crippen molar-refractivity contribution in [3.05, 3.63) is 65.8 Å². The Bertz CT molecular complexity index is 1470. The zero-order valence-corrected chi connectivity index (χ0v) is 25.4. The van der Waals surface area contributed by atoms with Crippen LogP contribution in [0.5, 0.6) is 0 Å². The minimum Gasteiger partial charge on any atom is -0.381 e. The van der Waals surface area contributed by atoms with Crippen LogP contribution in [-0.2, 0) is 14.9 Å². The Labute approximate surface area is 243 Å². The fourth-order valence-corrected chi connectivity index (χ4v) is 6.15. The minimum atomic E-state index is 0.134. The summed E-state index contributed by atoms with van der Waals surface area (Å²) in [7, 11) is 1.81. The summed E-state index contributed by atoms with van der Waals surface area (Å²) in [5.41, 5.74) is 7.82. The highest BCUT2D eigenvalue weighted by Crippen LogP contribution is 2.34. The number of benzene rings is 2. The maximum atomic E-state index is 11.9. The highest BCUT2D eigenvalue weighted by atomic mass is 16.5. The molecule has 1 amide bonds. The average Bonchev–Trinajstić information content (AvgIpc) is 3.55. The third kappa shape index (κ3) is 6.40. The zero-order valence-electron chi connectivity index (χ0n) is 25.4. The SMILES string of the molecule is CC(C)(C)c1cccc(N2CCCCC2=O)c1.COC1CCC(n2cnc3cc(-c4c(C)noc4C)ccc32)CC1. The smallest absolute Gasteiger partial charge is 0.226 e. The van der Waals surface area contributed by atoms with E-state index in [1.807, 2.05) is 38.3 Å². The maximum Gasteiger partial charge on any atom is 0.226 e. The number of ether oxygens (including phenoxy) is 1. The molecule has 1 aliphatic heterocycles. The predicted molar refractivity (Wildman–Crippen MR) is 164 cm³/mol. The molecule has 1 aliphatic carbocycles. The first-order valence-corrected chi connectivity index (χ1v) is 15.0. The first-order chi connectivity index (χ1) is 19.7. The molecule has 0 bridgehead atoms. The van der Waals surface area contributed by atoms with E-state index in [4.69, 9.17) is 9.26 Å². The van der Waals surface area contributed by atoms with Crippen molar-refractivity contribution in [3.8, 4) is 11.1 Å². The molecule has 4 aromatic rings. The predicted octanol–water partition coefficient (Wildman–Crippen LogP) is 7.94. The number of hydrogen-bond acceptors (Lipinski definition) is 5. The number of hydrogen-bond donors (Lipinski definition) is 0. The Balaban J connectivity index is 0.000000175. The summed E-state index contributed by atoms with van der Waals surface area (Å²) >= 11 is 0. The van der Waals surface area contributed by atoms with Crippen molar-refractivity contribution in [2.75, 3.05) is 18.6 Å². The summed E-state index contributed by atoms with van der Waals surface area (Å²) in [5.74, 6) is 1.12. The van der Waals surface area contributed by atoms with Gasteiger partial charge in [0, 0.05) is 37.4 Å². The van der Waals surface area contributed by atoms with Crippen LogP contribution in [0.1, 0.15) is 88.8 Å². The number of carbonyl (C=O) groups excluding carboxylic acids is 1. The number of methoxy groups -OCH3 is 1. The molecule has 2 aromatic carbocycles. The van der Waals surface area contributed by atoms with Crippen LogP contribution in [0.4, 0.5) is 5.69 Å². The normalized spacial score (nSPS) is 19.8. The van der Waals surface area contributed by atoms with Crippen molar-refractivity contribution in [1.29, 1.82) is 0 Å². The number of rotatable bonds is 4. The average molecular weight is 557 g/mol. The summed E-state index contributed by atoms with van der Waals surface area (Å²) in [6.07, 6.45) is 9.79. The van der Waals surface area contributed by atoms with E-state index in [-0.39, 0.29) is 11.3 Å². The van der Waals surface area contributed by atoms with E-state index in [1.165, 1.54) is 11.1 Å². The Morgan fingerprint density at radius 1 is 1.00 bits per heavy atom. The number of amides is 1. The van der Waals surface area contributed by atoms with Gasteiger partial charge >= 0.3 is 0 Å². The first-order valence-electron chi connectivity index (χ1n) is 15.0. The summed E-state index contributed by atoms with van der Waals surface area (Å²) in [6, 6.07) is 15.4. The quantitative estimate of drug-likeness (QED) is 0.255. The van der Waals surface area contributed by atoms with Crippen molar-refractivity contribution in [1.82, 2.24) is 14.7 Å². The minimum absolute atomic E-state index is 0.134. The second-order valence-corrected chi connectivity index (χ2v) is 12.5. The zero-order chi connectivity index (χ0) is 29.1. The molecular weight excluding hydrogens is 512 g/mol. The molecule has 6 rings (SSSR count). The van der Waals surface area contributed by atoms with Crippen molar-refractivity contribution in [3.63, 3.8) is 0 Å². The van der Waals surface area contributed by atoms with Gasteiger partial charge in [-0.2, -0.15) is 0 Å². The first kappa shape index (κ1) is 29.1. The van der Waals surface area contributed by atoms with Gasteiger partial charge in [0.25, 0.3) is 0 Å². The molecule has 0 spiro atoms. The summed E-state index contributed by atoms with van der Waals surface area (Å²) < 4.78 is 13.1. The molecule has 0 unspecified atom stereocenters. The van der Waals surface area contributed by atoms with Gasteiger partial charge in [0.05, 0.1) is 29.2 Å². The van der Waals surface area contributed by atoms with Crippen molar-refractivity contribution in [2.24, 2.45) is 0 Å². The molecule has 41 heavy (non-hydrogen) atoms. The monoisotopic (exact) mass is 556 g/mol. The third-order valence-electron chi connectivity index (χ3n) is 8.61. The van der Waals surface area contributed by atoms with E-state index in [1.54, 1.807) is 0 Å². The molecule has 2 aliphatic rings. The number of anilines is 1. The Hall–Kier alpha value is -3.45. The van der Waals surface area contributed by atoms with E-state index in [0.29, 0.717) is 18.6 Å². The van der Waals surface area contributed by atoms with Crippen molar-refractivity contribution < 1.29 is 14.1 Å². The van der Waals surface area contributed by atoms with Crippen LogP contribution in [-0.4, -0.2) is 40.4 Å². The second kappa shape index (κ2) is 12.2. The second-order valence-electron chi connectivity index (χ2n) is 12.5. The highest BCUT2D eigenvalue weighted by Gasteiger charge is 2.24. The van der Waals surface area contributed by atoms with E-state index in [9.17, 15) is 4.79 Å².